The summed E-state index contributed by atoms with van der Waals surface area (Å²) in [5.74, 6) is 0. The number of anilines is 1. The van der Waals surface area contributed by atoms with Crippen molar-refractivity contribution in [3.63, 3.8) is 0 Å². The summed E-state index contributed by atoms with van der Waals surface area (Å²) in [5, 5.41) is 2.76. The van der Waals surface area contributed by atoms with Gasteiger partial charge in [-0.3, -0.25) is 0 Å². The number of methoxy groups -OCH3 is 1. The number of rotatable bonds is 3. The van der Waals surface area contributed by atoms with E-state index in [1.54, 1.807) is 13.2 Å². The first kappa shape index (κ1) is 13.5. The van der Waals surface area contributed by atoms with Crippen LogP contribution in [0.25, 0.3) is 0 Å². The van der Waals surface area contributed by atoms with Gasteiger partial charge in [-0.15, -0.1) is 0 Å². The lowest BCUT2D eigenvalue weighted by molar-refractivity contribution is -0.137. The zero-order valence-electron chi connectivity index (χ0n) is 9.72. The fraction of sp³-hybridized carbons (Fsp3) is 0.500. The molecule has 0 spiro atoms. The van der Waals surface area contributed by atoms with Gasteiger partial charge in [0.25, 0.3) is 0 Å². The molecule has 2 nitrogen and oxygen atoms in total. The van der Waals surface area contributed by atoms with E-state index >= 15 is 0 Å². The van der Waals surface area contributed by atoms with Gasteiger partial charge in [0, 0.05) is 18.8 Å². The monoisotopic (exact) mass is 279 g/mol. The van der Waals surface area contributed by atoms with Crippen LogP contribution in [0.1, 0.15) is 18.4 Å². The highest BCUT2D eigenvalue weighted by Crippen LogP contribution is 2.37. The average Bonchev–Trinajstić information content (AvgIpc) is 2.23. The topological polar surface area (TPSA) is 21.3 Å². The molecule has 0 unspecified atom stereocenters. The molecule has 1 aliphatic rings. The van der Waals surface area contributed by atoms with Gasteiger partial charge in [-0.2, -0.15) is 13.2 Å². The van der Waals surface area contributed by atoms with Gasteiger partial charge in [0.2, 0.25) is 0 Å². The maximum atomic E-state index is 12.6. The van der Waals surface area contributed by atoms with E-state index in [1.807, 2.05) is 0 Å². The fourth-order valence-electron chi connectivity index (χ4n) is 1.94. The molecule has 0 heterocycles. The van der Waals surface area contributed by atoms with Crippen molar-refractivity contribution in [1.29, 1.82) is 0 Å². The average molecular weight is 280 g/mol. The predicted molar refractivity (Wildman–Crippen MR) is 63.9 cm³/mol. The number of alkyl halides is 3. The third-order valence-electron chi connectivity index (χ3n) is 3.07. The second kappa shape index (κ2) is 4.97. The lowest BCUT2D eigenvalue weighted by Crippen LogP contribution is -2.40. The number of hydrogen-bond acceptors (Lipinski definition) is 2. The first-order chi connectivity index (χ1) is 8.40. The maximum absolute atomic E-state index is 12.6. The van der Waals surface area contributed by atoms with Crippen LogP contribution < -0.4 is 5.32 Å². The lowest BCUT2D eigenvalue weighted by Gasteiger charge is -2.35. The Labute approximate surface area is 108 Å². The van der Waals surface area contributed by atoms with Crippen molar-refractivity contribution >= 4 is 17.3 Å². The Hall–Kier alpha value is -0.940. The molecule has 0 aromatic heterocycles. The molecule has 0 radical (unpaired) electrons. The van der Waals surface area contributed by atoms with Crippen molar-refractivity contribution in [3.05, 3.63) is 28.8 Å². The molecule has 0 bridgehead atoms. The van der Waals surface area contributed by atoms with Gasteiger partial charge in [-0.25, -0.2) is 0 Å². The van der Waals surface area contributed by atoms with Crippen molar-refractivity contribution in [1.82, 2.24) is 0 Å². The Morgan fingerprint density at radius 1 is 1.33 bits per heavy atom. The number of benzene rings is 1. The molecule has 6 heteroatoms. The molecular formula is C12H13ClF3NO. The minimum atomic E-state index is -4.43. The minimum absolute atomic E-state index is 0.164. The molecule has 18 heavy (non-hydrogen) atoms. The molecule has 1 fully saturated rings. The molecule has 2 rings (SSSR count). The van der Waals surface area contributed by atoms with Crippen LogP contribution in [0.2, 0.25) is 5.02 Å². The second-order valence-electron chi connectivity index (χ2n) is 4.36. The van der Waals surface area contributed by atoms with Gasteiger partial charge in [-0.05, 0) is 31.0 Å². The SMILES string of the molecule is COC1CC(Nc2ccc(Cl)c(C(F)(F)F)c2)C1. The zero-order chi connectivity index (χ0) is 13.3. The minimum Gasteiger partial charge on any atom is -0.382 e. The summed E-state index contributed by atoms with van der Waals surface area (Å²) in [6.07, 6.45) is -2.61. The molecule has 0 saturated heterocycles. The molecular weight excluding hydrogens is 267 g/mol. The Balaban J connectivity index is 2.06. The van der Waals surface area contributed by atoms with Crippen molar-refractivity contribution in [2.75, 3.05) is 12.4 Å². The summed E-state index contributed by atoms with van der Waals surface area (Å²) in [5.41, 5.74) is -0.372. The first-order valence-electron chi connectivity index (χ1n) is 5.56. The van der Waals surface area contributed by atoms with E-state index in [9.17, 15) is 13.2 Å². The second-order valence-corrected chi connectivity index (χ2v) is 4.77. The molecule has 1 saturated carbocycles. The van der Waals surface area contributed by atoms with Crippen LogP contribution in [-0.2, 0) is 10.9 Å². The van der Waals surface area contributed by atoms with E-state index in [1.165, 1.54) is 6.07 Å². The summed E-state index contributed by atoms with van der Waals surface area (Å²) in [6.45, 7) is 0. The van der Waals surface area contributed by atoms with Gasteiger partial charge in [0.05, 0.1) is 16.7 Å². The van der Waals surface area contributed by atoms with E-state index < -0.39 is 11.7 Å². The molecule has 1 N–H and O–H groups in total. The lowest BCUT2D eigenvalue weighted by atomic mass is 9.89. The summed E-state index contributed by atoms with van der Waals surface area (Å²) in [4.78, 5) is 0. The highest BCUT2D eigenvalue weighted by atomic mass is 35.5. The van der Waals surface area contributed by atoms with Crippen LogP contribution in [0.3, 0.4) is 0 Å². The third-order valence-corrected chi connectivity index (χ3v) is 3.40. The van der Waals surface area contributed by atoms with Crippen LogP contribution >= 0.6 is 11.6 Å². The van der Waals surface area contributed by atoms with E-state index in [0.717, 1.165) is 18.9 Å². The normalized spacial score (nSPS) is 23.6. The van der Waals surface area contributed by atoms with Gasteiger partial charge in [0.15, 0.2) is 0 Å². The van der Waals surface area contributed by atoms with E-state index in [0.29, 0.717) is 5.69 Å². The molecule has 0 atom stereocenters. The zero-order valence-corrected chi connectivity index (χ0v) is 10.5. The number of hydrogen-bond donors (Lipinski definition) is 1. The Morgan fingerprint density at radius 3 is 2.56 bits per heavy atom. The molecule has 1 aromatic carbocycles. The van der Waals surface area contributed by atoms with Gasteiger partial charge >= 0.3 is 6.18 Å². The van der Waals surface area contributed by atoms with E-state index in [2.05, 4.69) is 5.32 Å². The molecule has 1 aliphatic carbocycles. The Morgan fingerprint density at radius 2 is 2.00 bits per heavy atom. The molecule has 1 aromatic rings. The number of nitrogens with one attached hydrogen (secondary N) is 1. The Bertz CT molecular complexity index is 430. The van der Waals surface area contributed by atoms with Crippen LogP contribution in [0.15, 0.2) is 18.2 Å². The Kier molecular flexibility index (Phi) is 3.73. The van der Waals surface area contributed by atoms with Gasteiger partial charge in [0.1, 0.15) is 0 Å². The fourth-order valence-corrected chi connectivity index (χ4v) is 2.17. The number of halogens is 4. The van der Waals surface area contributed by atoms with Crippen molar-refractivity contribution in [3.8, 4) is 0 Å². The number of ether oxygens (including phenoxy) is 1. The molecule has 0 aliphatic heterocycles. The maximum Gasteiger partial charge on any atom is 0.417 e. The quantitative estimate of drug-likeness (QED) is 0.905. The van der Waals surface area contributed by atoms with E-state index in [-0.39, 0.29) is 17.2 Å². The van der Waals surface area contributed by atoms with Crippen molar-refractivity contribution in [2.45, 2.75) is 31.2 Å². The van der Waals surface area contributed by atoms with Crippen LogP contribution in [0, 0.1) is 0 Å². The predicted octanol–water partition coefficient (Wildman–Crippen LogP) is 3.95. The molecule has 100 valence electrons. The van der Waals surface area contributed by atoms with Crippen LogP contribution in [0.4, 0.5) is 18.9 Å². The standard InChI is InChI=1S/C12H13ClF3NO/c1-18-9-4-8(5-9)17-7-2-3-11(13)10(6-7)12(14,15)16/h2-3,6,8-9,17H,4-5H2,1H3. The first-order valence-corrected chi connectivity index (χ1v) is 5.94. The van der Waals surface area contributed by atoms with Crippen molar-refractivity contribution < 1.29 is 17.9 Å². The highest BCUT2D eigenvalue weighted by Gasteiger charge is 2.34. The highest BCUT2D eigenvalue weighted by molar-refractivity contribution is 6.31. The third kappa shape index (κ3) is 2.90. The summed E-state index contributed by atoms with van der Waals surface area (Å²) >= 11 is 5.54. The summed E-state index contributed by atoms with van der Waals surface area (Å²) in [7, 11) is 1.63. The smallest absolute Gasteiger partial charge is 0.382 e. The summed E-state index contributed by atoms with van der Waals surface area (Å²) < 4.78 is 43.0. The van der Waals surface area contributed by atoms with Gasteiger partial charge in [-0.1, -0.05) is 11.6 Å². The van der Waals surface area contributed by atoms with Crippen LogP contribution in [0.5, 0.6) is 0 Å². The van der Waals surface area contributed by atoms with Crippen molar-refractivity contribution in [2.24, 2.45) is 0 Å². The van der Waals surface area contributed by atoms with E-state index in [4.69, 9.17) is 16.3 Å². The summed E-state index contributed by atoms with van der Waals surface area (Å²) in [6, 6.07) is 4.02. The largest absolute Gasteiger partial charge is 0.417 e. The van der Waals surface area contributed by atoms with Crippen LogP contribution in [-0.4, -0.2) is 19.3 Å². The molecule has 0 amide bonds. The van der Waals surface area contributed by atoms with Gasteiger partial charge < -0.3 is 10.1 Å².